The van der Waals surface area contributed by atoms with E-state index in [0.29, 0.717) is 42.0 Å². The predicted molar refractivity (Wildman–Crippen MR) is 178 cm³/mol. The fraction of sp³-hybridized carbons (Fsp3) is 0.412. The van der Waals surface area contributed by atoms with Gasteiger partial charge in [0.05, 0.1) is 18.6 Å². The number of hydrogen-bond acceptors (Lipinski definition) is 7. The van der Waals surface area contributed by atoms with Crippen molar-refractivity contribution in [2.75, 3.05) is 68.0 Å². The standard InChI is InChI=1S/C34H42N8O3/c1-23(2)39-15-17-41(18-16-39)33(43)26-7-11-28(12-8-26)36-34(44)35-27-9-5-25(6-10-27)30-37-31(40-19-21-45-22-20-40)29-13-14-42(24(3)4)32(29)38-30/h5-14,23-24H,15-22H2,1-4H3,(H2,35,36,44). The molecule has 236 valence electrons. The summed E-state index contributed by atoms with van der Waals surface area (Å²) in [5.41, 5.74) is 3.63. The predicted octanol–water partition coefficient (Wildman–Crippen LogP) is 5.33. The van der Waals surface area contributed by atoms with Gasteiger partial charge in [0.2, 0.25) is 0 Å². The first kappa shape index (κ1) is 30.5. The van der Waals surface area contributed by atoms with Crippen LogP contribution in [-0.4, -0.2) is 94.8 Å². The number of hydrogen-bond donors (Lipinski definition) is 2. The molecular formula is C34H42N8O3. The first-order valence-electron chi connectivity index (χ1n) is 15.8. The average Bonchev–Trinajstić information content (AvgIpc) is 3.50. The second kappa shape index (κ2) is 13.3. The molecule has 11 heteroatoms. The monoisotopic (exact) mass is 610 g/mol. The second-order valence-corrected chi connectivity index (χ2v) is 12.2. The van der Waals surface area contributed by atoms with Crippen molar-refractivity contribution in [3.05, 3.63) is 66.4 Å². The molecule has 4 aromatic rings. The van der Waals surface area contributed by atoms with E-state index >= 15 is 0 Å². The van der Waals surface area contributed by atoms with Crippen LogP contribution in [0.4, 0.5) is 22.0 Å². The minimum Gasteiger partial charge on any atom is -0.378 e. The molecule has 0 aliphatic carbocycles. The summed E-state index contributed by atoms with van der Waals surface area (Å²) in [4.78, 5) is 42.2. The van der Waals surface area contributed by atoms with Gasteiger partial charge in [-0.25, -0.2) is 14.8 Å². The largest absolute Gasteiger partial charge is 0.378 e. The third-order valence-electron chi connectivity index (χ3n) is 8.54. The molecule has 0 saturated carbocycles. The smallest absolute Gasteiger partial charge is 0.323 e. The van der Waals surface area contributed by atoms with Crippen LogP contribution < -0.4 is 15.5 Å². The quantitative estimate of drug-likeness (QED) is 0.291. The highest BCUT2D eigenvalue weighted by Gasteiger charge is 2.24. The van der Waals surface area contributed by atoms with E-state index in [-0.39, 0.29) is 18.0 Å². The number of amides is 3. The number of urea groups is 1. The number of piperazine rings is 1. The molecule has 0 bridgehead atoms. The lowest BCUT2D eigenvalue weighted by Gasteiger charge is -2.37. The molecule has 2 N–H and O–H groups in total. The van der Waals surface area contributed by atoms with Gasteiger partial charge in [-0.1, -0.05) is 0 Å². The van der Waals surface area contributed by atoms with Gasteiger partial charge in [0.25, 0.3) is 5.91 Å². The molecule has 0 spiro atoms. The number of ether oxygens (including phenoxy) is 1. The van der Waals surface area contributed by atoms with Gasteiger partial charge in [0.1, 0.15) is 11.5 Å². The lowest BCUT2D eigenvalue weighted by atomic mass is 10.1. The first-order valence-corrected chi connectivity index (χ1v) is 15.8. The summed E-state index contributed by atoms with van der Waals surface area (Å²) >= 11 is 0. The van der Waals surface area contributed by atoms with Gasteiger partial charge >= 0.3 is 6.03 Å². The van der Waals surface area contributed by atoms with E-state index in [0.717, 1.165) is 61.7 Å². The third-order valence-corrected chi connectivity index (χ3v) is 8.54. The summed E-state index contributed by atoms with van der Waals surface area (Å²) in [7, 11) is 0. The summed E-state index contributed by atoms with van der Waals surface area (Å²) in [6.45, 7) is 14.8. The summed E-state index contributed by atoms with van der Waals surface area (Å²) in [6.07, 6.45) is 2.07. The number of morpholine rings is 1. The van der Waals surface area contributed by atoms with E-state index in [1.54, 1.807) is 24.3 Å². The van der Waals surface area contributed by atoms with Crippen molar-refractivity contribution in [2.24, 2.45) is 0 Å². The van der Waals surface area contributed by atoms with Crippen molar-refractivity contribution in [2.45, 2.75) is 39.8 Å². The van der Waals surface area contributed by atoms with E-state index in [9.17, 15) is 9.59 Å². The van der Waals surface area contributed by atoms with Crippen molar-refractivity contribution < 1.29 is 14.3 Å². The number of anilines is 3. The molecule has 2 aliphatic heterocycles. The molecule has 45 heavy (non-hydrogen) atoms. The topological polar surface area (TPSA) is 108 Å². The van der Waals surface area contributed by atoms with E-state index in [1.165, 1.54) is 0 Å². The SMILES string of the molecule is CC(C)N1CCN(C(=O)c2ccc(NC(=O)Nc3ccc(-c4nc(N5CCOCC5)c5ccn(C(C)C)c5n4)cc3)cc2)CC1. The summed E-state index contributed by atoms with van der Waals surface area (Å²) in [6, 6.07) is 17.0. The molecule has 4 heterocycles. The maximum Gasteiger partial charge on any atom is 0.323 e. The molecule has 2 aromatic carbocycles. The fourth-order valence-corrected chi connectivity index (χ4v) is 5.90. The van der Waals surface area contributed by atoms with Gasteiger partial charge in [-0.05, 0) is 82.3 Å². The Bertz CT molecular complexity index is 1630. The Hall–Kier alpha value is -4.48. The van der Waals surface area contributed by atoms with Crippen LogP contribution in [0.5, 0.6) is 0 Å². The molecule has 0 unspecified atom stereocenters. The number of rotatable bonds is 7. The normalized spacial score (nSPS) is 16.0. The van der Waals surface area contributed by atoms with Gasteiger partial charge in [-0.15, -0.1) is 0 Å². The molecule has 0 atom stereocenters. The summed E-state index contributed by atoms with van der Waals surface area (Å²) in [5, 5.41) is 6.77. The van der Waals surface area contributed by atoms with E-state index in [4.69, 9.17) is 14.7 Å². The molecule has 0 radical (unpaired) electrons. The number of aromatic nitrogens is 3. The molecule has 2 aliphatic rings. The zero-order valence-electron chi connectivity index (χ0n) is 26.5. The minimum atomic E-state index is -0.367. The second-order valence-electron chi connectivity index (χ2n) is 12.2. The molecule has 2 saturated heterocycles. The Balaban J connectivity index is 1.10. The van der Waals surface area contributed by atoms with E-state index in [1.807, 2.05) is 29.2 Å². The number of carbonyl (C=O) groups is 2. The Morgan fingerprint density at radius 2 is 1.38 bits per heavy atom. The number of fused-ring (bicyclic) bond motifs is 1. The molecule has 2 aromatic heterocycles. The molecule has 3 amide bonds. The van der Waals surface area contributed by atoms with Gasteiger partial charge in [-0.2, -0.15) is 0 Å². The molecule has 11 nitrogen and oxygen atoms in total. The molecule has 6 rings (SSSR count). The number of benzene rings is 2. The fourth-order valence-electron chi connectivity index (χ4n) is 5.90. The van der Waals surface area contributed by atoms with Crippen LogP contribution in [-0.2, 0) is 4.74 Å². The Labute approximate surface area is 264 Å². The highest BCUT2D eigenvalue weighted by molar-refractivity contribution is 6.00. The van der Waals surface area contributed by atoms with Crippen LogP contribution in [0, 0.1) is 0 Å². The van der Waals surface area contributed by atoms with Gasteiger partial charge in [0.15, 0.2) is 5.82 Å². The van der Waals surface area contributed by atoms with Gasteiger partial charge < -0.3 is 29.7 Å². The number of nitrogens with zero attached hydrogens (tertiary/aromatic N) is 6. The van der Waals surface area contributed by atoms with Crippen LogP contribution in [0.2, 0.25) is 0 Å². The van der Waals surface area contributed by atoms with Crippen molar-refractivity contribution >= 4 is 40.2 Å². The van der Waals surface area contributed by atoms with Crippen LogP contribution in [0.3, 0.4) is 0 Å². The first-order chi connectivity index (χ1) is 21.8. The summed E-state index contributed by atoms with van der Waals surface area (Å²) < 4.78 is 7.74. The van der Waals surface area contributed by atoms with Crippen LogP contribution >= 0.6 is 0 Å². The van der Waals surface area contributed by atoms with Crippen LogP contribution in [0.1, 0.15) is 44.1 Å². The highest BCUT2D eigenvalue weighted by atomic mass is 16.5. The average molecular weight is 611 g/mol. The van der Waals surface area contributed by atoms with E-state index in [2.05, 4.69) is 65.0 Å². The molecule has 2 fully saturated rings. The maximum atomic E-state index is 13.0. The van der Waals surface area contributed by atoms with Crippen molar-refractivity contribution in [1.82, 2.24) is 24.3 Å². The van der Waals surface area contributed by atoms with Crippen molar-refractivity contribution in [1.29, 1.82) is 0 Å². The van der Waals surface area contributed by atoms with Crippen molar-refractivity contribution in [3.63, 3.8) is 0 Å². The summed E-state index contributed by atoms with van der Waals surface area (Å²) in [5.74, 6) is 1.57. The highest BCUT2D eigenvalue weighted by Crippen LogP contribution is 2.31. The Kier molecular flexibility index (Phi) is 8.99. The third kappa shape index (κ3) is 6.79. The zero-order chi connectivity index (χ0) is 31.5. The maximum absolute atomic E-state index is 13.0. The minimum absolute atomic E-state index is 0.0205. The zero-order valence-corrected chi connectivity index (χ0v) is 26.5. The van der Waals surface area contributed by atoms with Crippen LogP contribution in [0.25, 0.3) is 22.4 Å². The number of carbonyl (C=O) groups excluding carboxylic acids is 2. The van der Waals surface area contributed by atoms with Gasteiger partial charge in [-0.3, -0.25) is 9.69 Å². The van der Waals surface area contributed by atoms with Gasteiger partial charge in [0, 0.05) is 80.1 Å². The lowest BCUT2D eigenvalue weighted by molar-refractivity contribution is 0.0595. The van der Waals surface area contributed by atoms with E-state index < -0.39 is 0 Å². The number of nitrogens with one attached hydrogen (secondary N) is 2. The molecular weight excluding hydrogens is 568 g/mol. The van der Waals surface area contributed by atoms with Crippen molar-refractivity contribution in [3.8, 4) is 11.4 Å². The Morgan fingerprint density at radius 3 is 1.98 bits per heavy atom. The lowest BCUT2D eigenvalue weighted by Crippen LogP contribution is -2.50. The Morgan fingerprint density at radius 1 is 0.756 bits per heavy atom. The van der Waals surface area contributed by atoms with Crippen LogP contribution in [0.15, 0.2) is 60.8 Å².